The smallest absolute Gasteiger partial charge is 0.261 e. The van der Waals surface area contributed by atoms with Gasteiger partial charge in [-0.3, -0.25) is 14.3 Å². The summed E-state index contributed by atoms with van der Waals surface area (Å²) in [6, 6.07) is 9.68. The molecule has 5 heteroatoms. The van der Waals surface area contributed by atoms with Crippen molar-refractivity contribution in [2.75, 3.05) is 0 Å². The quantitative estimate of drug-likeness (QED) is 0.732. The van der Waals surface area contributed by atoms with Crippen molar-refractivity contribution in [3.63, 3.8) is 0 Å². The summed E-state index contributed by atoms with van der Waals surface area (Å²) in [5.41, 5.74) is 1.13. The molecule has 1 aromatic carbocycles. The van der Waals surface area contributed by atoms with E-state index in [-0.39, 0.29) is 5.56 Å². The summed E-state index contributed by atoms with van der Waals surface area (Å²) < 4.78 is 14.6. The van der Waals surface area contributed by atoms with Crippen LogP contribution in [0.25, 0.3) is 10.9 Å². The van der Waals surface area contributed by atoms with E-state index in [4.69, 9.17) is 0 Å². The highest BCUT2D eigenvalue weighted by Gasteiger charge is 2.05. The zero-order valence-electron chi connectivity index (χ0n) is 10.7. The Kier molecular flexibility index (Phi) is 3.25. The van der Waals surface area contributed by atoms with Crippen molar-refractivity contribution in [2.45, 2.75) is 13.0 Å². The van der Waals surface area contributed by atoms with Gasteiger partial charge in [-0.1, -0.05) is 6.07 Å². The van der Waals surface area contributed by atoms with Gasteiger partial charge in [0.05, 0.1) is 17.2 Å². The molecule has 4 nitrogen and oxygen atoms in total. The van der Waals surface area contributed by atoms with Crippen molar-refractivity contribution in [2.24, 2.45) is 0 Å². The average molecular weight is 269 g/mol. The maximum atomic E-state index is 13.1. The van der Waals surface area contributed by atoms with Crippen molar-refractivity contribution in [1.82, 2.24) is 14.5 Å². The molecule has 0 atom stereocenters. The minimum absolute atomic E-state index is 0.161. The van der Waals surface area contributed by atoms with Gasteiger partial charge >= 0.3 is 0 Å². The van der Waals surface area contributed by atoms with Crippen molar-refractivity contribution < 1.29 is 4.39 Å². The third-order valence-corrected chi connectivity index (χ3v) is 3.12. The first-order valence-electron chi connectivity index (χ1n) is 6.29. The molecule has 2 aromatic heterocycles. The molecule has 0 saturated carbocycles. The Labute approximate surface area is 114 Å². The van der Waals surface area contributed by atoms with Crippen LogP contribution in [0.3, 0.4) is 0 Å². The Balaban J connectivity index is 1.91. The van der Waals surface area contributed by atoms with Gasteiger partial charge in [-0.25, -0.2) is 9.37 Å². The van der Waals surface area contributed by atoms with E-state index in [0.29, 0.717) is 23.9 Å². The monoisotopic (exact) mass is 269 g/mol. The van der Waals surface area contributed by atoms with E-state index in [1.54, 1.807) is 6.20 Å². The van der Waals surface area contributed by atoms with Crippen LogP contribution < -0.4 is 5.56 Å². The zero-order valence-corrected chi connectivity index (χ0v) is 10.7. The molecule has 20 heavy (non-hydrogen) atoms. The first-order valence-corrected chi connectivity index (χ1v) is 6.29. The van der Waals surface area contributed by atoms with Gasteiger partial charge in [0, 0.05) is 30.9 Å². The van der Waals surface area contributed by atoms with Gasteiger partial charge in [0.1, 0.15) is 5.82 Å². The SMILES string of the molecule is O=c1c2ccc(F)cc2ncn1CCc1ccccn1. The molecular weight excluding hydrogens is 257 g/mol. The molecule has 3 rings (SSSR count). The average Bonchev–Trinajstić information content (AvgIpc) is 2.47. The van der Waals surface area contributed by atoms with E-state index in [1.165, 1.54) is 29.1 Å². The second-order valence-electron chi connectivity index (χ2n) is 4.48. The Morgan fingerprint density at radius 3 is 2.85 bits per heavy atom. The molecule has 100 valence electrons. The second-order valence-corrected chi connectivity index (χ2v) is 4.48. The van der Waals surface area contributed by atoms with Gasteiger partial charge in [-0.2, -0.15) is 0 Å². The van der Waals surface area contributed by atoms with Gasteiger partial charge < -0.3 is 0 Å². The Morgan fingerprint density at radius 1 is 1.15 bits per heavy atom. The van der Waals surface area contributed by atoms with Crippen LogP contribution in [-0.2, 0) is 13.0 Å². The second kappa shape index (κ2) is 5.21. The number of halogens is 1. The van der Waals surface area contributed by atoms with Crippen molar-refractivity contribution in [1.29, 1.82) is 0 Å². The van der Waals surface area contributed by atoms with Crippen molar-refractivity contribution in [3.8, 4) is 0 Å². The molecular formula is C15H12FN3O. The lowest BCUT2D eigenvalue weighted by atomic mass is 10.2. The predicted molar refractivity (Wildman–Crippen MR) is 73.9 cm³/mol. The molecule has 0 N–H and O–H groups in total. The molecule has 0 saturated heterocycles. The standard InChI is InChI=1S/C15H12FN3O/c16-11-4-5-13-14(9-11)18-10-19(15(13)20)8-6-12-3-1-2-7-17-12/h1-5,7,9-10H,6,8H2. The molecule has 0 amide bonds. The summed E-state index contributed by atoms with van der Waals surface area (Å²) in [5, 5.41) is 0.426. The molecule has 0 fully saturated rings. The van der Waals surface area contributed by atoms with Crippen molar-refractivity contribution in [3.05, 3.63) is 70.8 Å². The van der Waals surface area contributed by atoms with Gasteiger partial charge in [0.2, 0.25) is 0 Å². The van der Waals surface area contributed by atoms with Gasteiger partial charge in [0.25, 0.3) is 5.56 Å². The fourth-order valence-corrected chi connectivity index (χ4v) is 2.07. The highest BCUT2D eigenvalue weighted by molar-refractivity contribution is 5.77. The number of benzene rings is 1. The van der Waals surface area contributed by atoms with Crippen molar-refractivity contribution >= 4 is 10.9 Å². The highest BCUT2D eigenvalue weighted by atomic mass is 19.1. The summed E-state index contributed by atoms with van der Waals surface area (Å²) in [5.74, 6) is -0.393. The zero-order chi connectivity index (χ0) is 13.9. The minimum Gasteiger partial charge on any atom is -0.298 e. The third kappa shape index (κ3) is 2.42. The largest absolute Gasteiger partial charge is 0.298 e. The van der Waals surface area contributed by atoms with E-state index < -0.39 is 5.82 Å². The van der Waals surface area contributed by atoms with Gasteiger partial charge in [0.15, 0.2) is 0 Å². The molecule has 0 aliphatic heterocycles. The molecule has 0 unspecified atom stereocenters. The first-order chi connectivity index (χ1) is 9.74. The molecule has 0 bridgehead atoms. The van der Waals surface area contributed by atoms with Crippen LogP contribution in [0.1, 0.15) is 5.69 Å². The lowest BCUT2D eigenvalue weighted by molar-refractivity contribution is 0.627. The van der Waals surface area contributed by atoms with E-state index in [0.717, 1.165) is 5.69 Å². The van der Waals surface area contributed by atoms with E-state index in [9.17, 15) is 9.18 Å². The number of pyridine rings is 1. The number of aryl methyl sites for hydroxylation is 2. The molecule has 0 aliphatic rings. The number of hydrogen-bond donors (Lipinski definition) is 0. The van der Waals surface area contributed by atoms with Gasteiger partial charge in [-0.05, 0) is 24.3 Å². The highest BCUT2D eigenvalue weighted by Crippen LogP contribution is 2.08. The number of rotatable bonds is 3. The van der Waals surface area contributed by atoms with E-state index >= 15 is 0 Å². The maximum Gasteiger partial charge on any atom is 0.261 e. The summed E-state index contributed by atoms with van der Waals surface area (Å²) in [4.78, 5) is 20.6. The molecule has 0 radical (unpaired) electrons. The molecule has 2 heterocycles. The van der Waals surface area contributed by atoms with Crippen LogP contribution in [0.2, 0.25) is 0 Å². The minimum atomic E-state index is -0.393. The van der Waals surface area contributed by atoms with E-state index in [1.807, 2.05) is 18.2 Å². The lowest BCUT2D eigenvalue weighted by Crippen LogP contribution is -2.21. The lowest BCUT2D eigenvalue weighted by Gasteiger charge is -2.06. The van der Waals surface area contributed by atoms with Crippen LogP contribution in [0.5, 0.6) is 0 Å². The van der Waals surface area contributed by atoms with Crippen LogP contribution in [-0.4, -0.2) is 14.5 Å². The van der Waals surface area contributed by atoms with Crippen LogP contribution in [0.4, 0.5) is 4.39 Å². The van der Waals surface area contributed by atoms with Crippen LogP contribution in [0, 0.1) is 5.82 Å². The maximum absolute atomic E-state index is 13.1. The summed E-state index contributed by atoms with van der Waals surface area (Å²) in [6.07, 6.45) is 3.82. The Bertz CT molecular complexity index is 799. The molecule has 0 aliphatic carbocycles. The van der Waals surface area contributed by atoms with E-state index in [2.05, 4.69) is 9.97 Å². The topological polar surface area (TPSA) is 47.8 Å². The summed E-state index contributed by atoms with van der Waals surface area (Å²) in [7, 11) is 0. The third-order valence-electron chi connectivity index (χ3n) is 3.12. The number of fused-ring (bicyclic) bond motifs is 1. The fraction of sp³-hybridized carbons (Fsp3) is 0.133. The molecule has 3 aromatic rings. The Hall–Kier alpha value is -2.56. The fourth-order valence-electron chi connectivity index (χ4n) is 2.07. The van der Waals surface area contributed by atoms with Crippen LogP contribution >= 0.6 is 0 Å². The molecule has 0 spiro atoms. The van der Waals surface area contributed by atoms with Gasteiger partial charge in [-0.15, -0.1) is 0 Å². The summed E-state index contributed by atoms with van der Waals surface area (Å²) >= 11 is 0. The van der Waals surface area contributed by atoms with Crippen LogP contribution in [0.15, 0.2) is 53.7 Å². The Morgan fingerprint density at radius 2 is 2.05 bits per heavy atom. The number of aromatic nitrogens is 3. The number of hydrogen-bond acceptors (Lipinski definition) is 3. The summed E-state index contributed by atoms with van der Waals surface area (Å²) in [6.45, 7) is 0.496. The normalized spacial score (nSPS) is 10.8. The predicted octanol–water partition coefficient (Wildman–Crippen LogP) is 2.17. The first kappa shape index (κ1) is 12.5. The number of nitrogens with zero attached hydrogens (tertiary/aromatic N) is 3.